The molecule has 0 aromatic carbocycles. The molecule has 0 atom stereocenters. The van der Waals surface area contributed by atoms with Gasteiger partial charge in [0.1, 0.15) is 6.10 Å². The van der Waals surface area contributed by atoms with Crippen molar-refractivity contribution >= 4 is 5.97 Å². The fraction of sp³-hybridized carbons (Fsp3) is 0.900. The van der Waals surface area contributed by atoms with Crippen molar-refractivity contribution < 1.29 is 24.1 Å². The highest BCUT2D eigenvalue weighted by Gasteiger charge is 2.32. The number of esters is 1. The molecule has 1 fully saturated rings. The minimum absolute atomic E-state index is 0.249. The first kappa shape index (κ1) is 12.4. The molecule has 1 rings (SSSR count). The van der Waals surface area contributed by atoms with Gasteiger partial charge in [-0.15, -0.1) is 0 Å². The van der Waals surface area contributed by atoms with Crippen molar-refractivity contribution in [2.75, 3.05) is 19.8 Å². The Morgan fingerprint density at radius 1 is 1.53 bits per heavy atom. The van der Waals surface area contributed by atoms with E-state index in [1.165, 1.54) is 0 Å². The molecule has 0 radical (unpaired) electrons. The summed E-state index contributed by atoms with van der Waals surface area (Å²) in [5.74, 6) is -1.02. The molecule has 0 aromatic heterocycles. The normalized spacial score (nSPS) is 31.3. The molecular weight excluding hydrogens is 200 g/mol. The minimum Gasteiger partial charge on any atom is -0.466 e. The van der Waals surface area contributed by atoms with Gasteiger partial charge in [-0.05, 0) is 13.8 Å². The molecule has 1 aliphatic rings. The van der Waals surface area contributed by atoms with Crippen molar-refractivity contribution in [3.8, 4) is 0 Å². The van der Waals surface area contributed by atoms with E-state index in [0.29, 0.717) is 13.0 Å². The van der Waals surface area contributed by atoms with Crippen LogP contribution in [0, 0.1) is 0 Å². The summed E-state index contributed by atoms with van der Waals surface area (Å²) in [5, 5.41) is 9.16. The lowest BCUT2D eigenvalue weighted by molar-refractivity contribution is -0.285. The second-order valence-corrected chi connectivity index (χ2v) is 3.71. The van der Waals surface area contributed by atoms with Crippen molar-refractivity contribution in [2.45, 2.75) is 38.6 Å². The average Bonchev–Trinajstić information content (AvgIpc) is 2.21. The molecule has 88 valence electrons. The molecule has 0 aromatic rings. The zero-order valence-corrected chi connectivity index (χ0v) is 9.19. The van der Waals surface area contributed by atoms with E-state index >= 15 is 0 Å². The Labute approximate surface area is 89.3 Å². The molecule has 0 unspecified atom stereocenters. The summed E-state index contributed by atoms with van der Waals surface area (Å²) in [6.07, 6.45) is 0.139. The minimum atomic E-state index is -0.772. The van der Waals surface area contributed by atoms with Crippen LogP contribution in [-0.2, 0) is 19.0 Å². The standard InChI is InChI=1S/C10H18O5/c1-3-13-9(12)4-5-10(2)14-6-8(11)7-15-10/h8,11H,3-7H2,1-2H3. The molecule has 1 N–H and O–H groups in total. The quantitative estimate of drug-likeness (QED) is 0.694. The molecule has 0 saturated carbocycles. The third-order valence-electron chi connectivity index (χ3n) is 2.25. The van der Waals surface area contributed by atoms with Gasteiger partial charge in [-0.3, -0.25) is 4.79 Å². The van der Waals surface area contributed by atoms with Crippen LogP contribution in [0.5, 0.6) is 0 Å². The number of aliphatic hydroxyl groups is 1. The number of carbonyl (C=O) groups is 1. The van der Waals surface area contributed by atoms with Gasteiger partial charge in [-0.25, -0.2) is 0 Å². The van der Waals surface area contributed by atoms with Crippen LogP contribution < -0.4 is 0 Å². The van der Waals surface area contributed by atoms with Crippen molar-refractivity contribution in [3.63, 3.8) is 0 Å². The van der Waals surface area contributed by atoms with Crippen LogP contribution in [0.1, 0.15) is 26.7 Å². The van der Waals surface area contributed by atoms with Crippen LogP contribution >= 0.6 is 0 Å². The molecule has 0 amide bonds. The number of carbonyl (C=O) groups excluding carboxylic acids is 1. The molecule has 1 aliphatic heterocycles. The zero-order valence-electron chi connectivity index (χ0n) is 9.19. The van der Waals surface area contributed by atoms with E-state index in [2.05, 4.69) is 0 Å². The van der Waals surface area contributed by atoms with E-state index in [9.17, 15) is 4.79 Å². The SMILES string of the molecule is CCOC(=O)CCC1(C)OCC(O)CO1. The lowest BCUT2D eigenvalue weighted by atomic mass is 10.1. The van der Waals surface area contributed by atoms with Gasteiger partial charge in [-0.2, -0.15) is 0 Å². The van der Waals surface area contributed by atoms with Crippen molar-refractivity contribution in [1.82, 2.24) is 0 Å². The number of rotatable bonds is 4. The van der Waals surface area contributed by atoms with Gasteiger partial charge in [-0.1, -0.05) is 0 Å². The van der Waals surface area contributed by atoms with Gasteiger partial charge in [0.05, 0.1) is 26.2 Å². The molecule has 0 aliphatic carbocycles. The zero-order chi connectivity index (χ0) is 11.3. The van der Waals surface area contributed by atoms with Crippen molar-refractivity contribution in [1.29, 1.82) is 0 Å². The average molecular weight is 218 g/mol. The van der Waals surface area contributed by atoms with Crippen molar-refractivity contribution in [2.24, 2.45) is 0 Å². The number of aliphatic hydroxyl groups excluding tert-OH is 1. The third-order valence-corrected chi connectivity index (χ3v) is 2.25. The van der Waals surface area contributed by atoms with Gasteiger partial charge in [0, 0.05) is 6.42 Å². The van der Waals surface area contributed by atoms with Crippen LogP contribution in [0.15, 0.2) is 0 Å². The molecule has 15 heavy (non-hydrogen) atoms. The van der Waals surface area contributed by atoms with Crippen LogP contribution in [0.2, 0.25) is 0 Å². The van der Waals surface area contributed by atoms with Crippen LogP contribution in [0.25, 0.3) is 0 Å². The van der Waals surface area contributed by atoms with E-state index in [1.807, 2.05) is 0 Å². The smallest absolute Gasteiger partial charge is 0.305 e. The number of ether oxygens (including phenoxy) is 3. The molecule has 1 saturated heterocycles. The van der Waals surface area contributed by atoms with Crippen molar-refractivity contribution in [3.05, 3.63) is 0 Å². The predicted octanol–water partition coefficient (Wildman–Crippen LogP) is 0.454. The molecule has 0 bridgehead atoms. The largest absolute Gasteiger partial charge is 0.466 e. The van der Waals surface area contributed by atoms with E-state index in [1.54, 1.807) is 13.8 Å². The first-order valence-corrected chi connectivity index (χ1v) is 5.17. The van der Waals surface area contributed by atoms with Crippen LogP contribution in [0.3, 0.4) is 0 Å². The van der Waals surface area contributed by atoms with Gasteiger partial charge in [0.25, 0.3) is 0 Å². The van der Waals surface area contributed by atoms with E-state index in [0.717, 1.165) is 0 Å². The second kappa shape index (κ2) is 5.44. The maximum Gasteiger partial charge on any atom is 0.305 e. The fourth-order valence-corrected chi connectivity index (χ4v) is 1.34. The van der Waals surface area contributed by atoms with Gasteiger partial charge >= 0.3 is 5.97 Å². The summed E-state index contributed by atoms with van der Waals surface area (Å²) in [4.78, 5) is 11.1. The summed E-state index contributed by atoms with van der Waals surface area (Å²) >= 11 is 0. The van der Waals surface area contributed by atoms with Crippen LogP contribution in [0.4, 0.5) is 0 Å². The second-order valence-electron chi connectivity index (χ2n) is 3.71. The maximum atomic E-state index is 11.1. The summed E-state index contributed by atoms with van der Waals surface area (Å²) in [5.41, 5.74) is 0. The van der Waals surface area contributed by atoms with Crippen LogP contribution in [-0.4, -0.2) is 42.8 Å². The molecule has 0 spiro atoms. The fourth-order valence-electron chi connectivity index (χ4n) is 1.34. The Kier molecular flexibility index (Phi) is 4.50. The molecule has 1 heterocycles. The van der Waals surface area contributed by atoms with Gasteiger partial charge < -0.3 is 19.3 Å². The topological polar surface area (TPSA) is 65.0 Å². The number of hydrogen-bond acceptors (Lipinski definition) is 5. The first-order chi connectivity index (χ1) is 7.06. The highest BCUT2D eigenvalue weighted by atomic mass is 16.7. The predicted molar refractivity (Wildman–Crippen MR) is 52.2 cm³/mol. The highest BCUT2D eigenvalue weighted by Crippen LogP contribution is 2.23. The summed E-state index contributed by atoms with van der Waals surface area (Å²) in [6, 6.07) is 0. The Hall–Kier alpha value is -0.650. The lowest BCUT2D eigenvalue weighted by Crippen LogP contribution is -2.44. The summed E-state index contributed by atoms with van der Waals surface area (Å²) < 4.78 is 15.5. The van der Waals surface area contributed by atoms with Gasteiger partial charge in [0.2, 0.25) is 0 Å². The third kappa shape index (κ3) is 4.15. The first-order valence-electron chi connectivity index (χ1n) is 5.17. The molecule has 5 heteroatoms. The lowest BCUT2D eigenvalue weighted by Gasteiger charge is -2.35. The van der Waals surface area contributed by atoms with E-state index < -0.39 is 11.9 Å². The maximum absolute atomic E-state index is 11.1. The summed E-state index contributed by atoms with van der Waals surface area (Å²) in [7, 11) is 0. The monoisotopic (exact) mass is 218 g/mol. The Morgan fingerprint density at radius 2 is 2.13 bits per heavy atom. The summed E-state index contributed by atoms with van der Waals surface area (Å²) in [6.45, 7) is 4.41. The Morgan fingerprint density at radius 3 is 2.67 bits per heavy atom. The van der Waals surface area contributed by atoms with E-state index in [-0.39, 0.29) is 25.6 Å². The Bertz CT molecular complexity index is 208. The number of hydrogen-bond donors (Lipinski definition) is 1. The Balaban J connectivity index is 2.27. The van der Waals surface area contributed by atoms with E-state index in [4.69, 9.17) is 19.3 Å². The molecular formula is C10H18O5. The highest BCUT2D eigenvalue weighted by molar-refractivity contribution is 5.69. The van der Waals surface area contributed by atoms with Gasteiger partial charge in [0.15, 0.2) is 5.79 Å². The molecule has 5 nitrogen and oxygen atoms in total.